The minimum absolute atomic E-state index is 0.0636. The Morgan fingerprint density at radius 1 is 1.44 bits per heavy atom. The van der Waals surface area contributed by atoms with E-state index in [1.807, 2.05) is 19.3 Å². The van der Waals surface area contributed by atoms with Gasteiger partial charge in [0.15, 0.2) is 0 Å². The Morgan fingerprint density at radius 3 is 3.06 bits per heavy atom. The first kappa shape index (κ1) is 13.5. The van der Waals surface area contributed by atoms with Crippen LogP contribution >= 0.6 is 0 Å². The van der Waals surface area contributed by atoms with Crippen LogP contribution in [-0.4, -0.2) is 44.8 Å². The molecule has 0 aromatic carbocycles. The van der Waals surface area contributed by atoms with E-state index in [9.17, 15) is 0 Å². The summed E-state index contributed by atoms with van der Waals surface area (Å²) in [4.78, 5) is 6.80. The smallest absolute Gasteiger partial charge is 0.122 e. The maximum atomic E-state index is 9.08. The van der Waals surface area contributed by atoms with Gasteiger partial charge in [-0.2, -0.15) is 0 Å². The van der Waals surface area contributed by atoms with Gasteiger partial charge in [-0.1, -0.05) is 6.42 Å². The van der Waals surface area contributed by atoms with Crippen molar-refractivity contribution in [3.63, 3.8) is 0 Å². The van der Waals surface area contributed by atoms with Gasteiger partial charge in [-0.15, -0.1) is 0 Å². The predicted molar refractivity (Wildman–Crippen MR) is 71.0 cm³/mol. The van der Waals surface area contributed by atoms with Crippen LogP contribution in [0, 0.1) is 0 Å². The molecule has 0 saturated carbocycles. The Morgan fingerprint density at radius 2 is 2.28 bits per heavy atom. The van der Waals surface area contributed by atoms with Gasteiger partial charge < -0.3 is 15.4 Å². The standard InChI is InChI=1S/C13H24N4O/c1-13(14,11-18)4-2-3-6-16-8-9-17-7-5-15-12(17)10-16/h5,7,18H,2-4,6,8-11,14H2,1H3. The number of rotatable bonds is 6. The summed E-state index contributed by atoms with van der Waals surface area (Å²) in [6, 6.07) is 0. The van der Waals surface area contributed by atoms with E-state index in [2.05, 4.69) is 14.5 Å². The van der Waals surface area contributed by atoms with Crippen LogP contribution in [0.25, 0.3) is 0 Å². The highest BCUT2D eigenvalue weighted by Gasteiger charge is 2.18. The van der Waals surface area contributed by atoms with Crippen molar-refractivity contribution in [2.75, 3.05) is 19.7 Å². The van der Waals surface area contributed by atoms with Crippen molar-refractivity contribution in [2.45, 2.75) is 44.8 Å². The fourth-order valence-corrected chi connectivity index (χ4v) is 2.36. The highest BCUT2D eigenvalue weighted by atomic mass is 16.3. The first-order chi connectivity index (χ1) is 8.61. The number of aliphatic hydroxyl groups is 1. The van der Waals surface area contributed by atoms with E-state index in [4.69, 9.17) is 10.8 Å². The minimum Gasteiger partial charge on any atom is -0.394 e. The van der Waals surface area contributed by atoms with E-state index in [1.165, 1.54) is 5.82 Å². The second kappa shape index (κ2) is 5.82. The molecule has 2 heterocycles. The summed E-state index contributed by atoms with van der Waals surface area (Å²) in [7, 11) is 0. The molecule has 3 N–H and O–H groups in total. The number of nitrogens with zero attached hydrogens (tertiary/aromatic N) is 3. The Hall–Kier alpha value is -0.910. The van der Waals surface area contributed by atoms with Gasteiger partial charge in [-0.3, -0.25) is 4.90 Å². The van der Waals surface area contributed by atoms with Crippen LogP contribution < -0.4 is 5.73 Å². The van der Waals surface area contributed by atoms with Crippen molar-refractivity contribution < 1.29 is 5.11 Å². The molecule has 5 nitrogen and oxygen atoms in total. The quantitative estimate of drug-likeness (QED) is 0.727. The molecule has 0 fully saturated rings. The van der Waals surface area contributed by atoms with Crippen molar-refractivity contribution in [3.05, 3.63) is 18.2 Å². The second-order valence-corrected chi connectivity index (χ2v) is 5.58. The van der Waals surface area contributed by atoms with Crippen LogP contribution in [0.4, 0.5) is 0 Å². The Labute approximate surface area is 109 Å². The number of hydrogen-bond acceptors (Lipinski definition) is 4. The lowest BCUT2D eigenvalue weighted by Crippen LogP contribution is -2.40. The molecule has 1 unspecified atom stereocenters. The summed E-state index contributed by atoms with van der Waals surface area (Å²) in [5.41, 5.74) is 5.49. The fraction of sp³-hybridized carbons (Fsp3) is 0.769. The number of hydrogen-bond donors (Lipinski definition) is 2. The summed E-state index contributed by atoms with van der Waals surface area (Å²) in [6.07, 6.45) is 7.01. The van der Waals surface area contributed by atoms with Crippen LogP contribution in [0.5, 0.6) is 0 Å². The topological polar surface area (TPSA) is 67.3 Å². The van der Waals surface area contributed by atoms with Crippen molar-refractivity contribution in [3.8, 4) is 0 Å². The number of fused-ring (bicyclic) bond motifs is 1. The molecule has 5 heteroatoms. The number of aliphatic hydroxyl groups excluding tert-OH is 1. The van der Waals surface area contributed by atoms with E-state index in [0.29, 0.717) is 0 Å². The lowest BCUT2D eigenvalue weighted by Gasteiger charge is -2.28. The molecular weight excluding hydrogens is 228 g/mol. The van der Waals surface area contributed by atoms with Gasteiger partial charge in [0.2, 0.25) is 0 Å². The zero-order chi connectivity index (χ0) is 13.0. The summed E-state index contributed by atoms with van der Waals surface area (Å²) in [5, 5.41) is 9.08. The maximum Gasteiger partial charge on any atom is 0.122 e. The average Bonchev–Trinajstić information content (AvgIpc) is 2.82. The second-order valence-electron chi connectivity index (χ2n) is 5.58. The van der Waals surface area contributed by atoms with E-state index in [0.717, 1.165) is 45.4 Å². The summed E-state index contributed by atoms with van der Waals surface area (Å²) < 4.78 is 2.22. The Kier molecular flexibility index (Phi) is 4.37. The van der Waals surface area contributed by atoms with E-state index in [1.54, 1.807) is 0 Å². The first-order valence-electron chi connectivity index (χ1n) is 6.73. The molecule has 0 spiro atoms. The van der Waals surface area contributed by atoms with Crippen LogP contribution in [0.3, 0.4) is 0 Å². The predicted octanol–water partition coefficient (Wildman–Crippen LogP) is 0.579. The molecular formula is C13H24N4O. The summed E-state index contributed by atoms with van der Waals surface area (Å²) in [5.74, 6) is 1.17. The largest absolute Gasteiger partial charge is 0.394 e. The molecule has 1 aromatic rings. The molecule has 0 bridgehead atoms. The molecule has 1 aliphatic heterocycles. The average molecular weight is 252 g/mol. The normalized spacial score (nSPS) is 19.5. The van der Waals surface area contributed by atoms with Crippen LogP contribution in [0.1, 0.15) is 32.0 Å². The SMILES string of the molecule is CC(N)(CO)CCCCN1CCn2ccnc2C1. The fourth-order valence-electron chi connectivity index (χ4n) is 2.36. The van der Waals surface area contributed by atoms with Gasteiger partial charge in [0.05, 0.1) is 13.2 Å². The molecule has 2 rings (SSSR count). The molecule has 1 atom stereocenters. The van der Waals surface area contributed by atoms with E-state index in [-0.39, 0.29) is 6.61 Å². The molecule has 18 heavy (non-hydrogen) atoms. The number of nitrogens with two attached hydrogens (primary N) is 1. The van der Waals surface area contributed by atoms with Crippen molar-refractivity contribution in [2.24, 2.45) is 5.73 Å². The monoisotopic (exact) mass is 252 g/mol. The number of imidazole rings is 1. The number of aromatic nitrogens is 2. The van der Waals surface area contributed by atoms with Crippen molar-refractivity contribution in [1.82, 2.24) is 14.5 Å². The van der Waals surface area contributed by atoms with Crippen LogP contribution in [0.15, 0.2) is 12.4 Å². The minimum atomic E-state index is -0.418. The third-order valence-electron chi connectivity index (χ3n) is 3.66. The van der Waals surface area contributed by atoms with Crippen LogP contribution in [-0.2, 0) is 13.1 Å². The number of unbranched alkanes of at least 4 members (excludes halogenated alkanes) is 1. The molecule has 0 radical (unpaired) electrons. The van der Waals surface area contributed by atoms with Gasteiger partial charge in [-0.25, -0.2) is 4.98 Å². The molecule has 0 aliphatic carbocycles. The Bertz CT molecular complexity index is 375. The van der Waals surface area contributed by atoms with Gasteiger partial charge in [0, 0.05) is 31.0 Å². The van der Waals surface area contributed by atoms with E-state index >= 15 is 0 Å². The highest BCUT2D eigenvalue weighted by Crippen LogP contribution is 2.13. The van der Waals surface area contributed by atoms with Crippen LogP contribution in [0.2, 0.25) is 0 Å². The van der Waals surface area contributed by atoms with Gasteiger partial charge >= 0.3 is 0 Å². The molecule has 1 aromatic heterocycles. The third kappa shape index (κ3) is 3.54. The van der Waals surface area contributed by atoms with E-state index < -0.39 is 5.54 Å². The first-order valence-corrected chi connectivity index (χ1v) is 6.73. The molecule has 0 amide bonds. The zero-order valence-electron chi connectivity index (χ0n) is 11.2. The van der Waals surface area contributed by atoms with Gasteiger partial charge in [-0.05, 0) is 26.3 Å². The maximum absolute atomic E-state index is 9.08. The van der Waals surface area contributed by atoms with Crippen molar-refractivity contribution in [1.29, 1.82) is 0 Å². The van der Waals surface area contributed by atoms with Crippen molar-refractivity contribution >= 4 is 0 Å². The van der Waals surface area contributed by atoms with Gasteiger partial charge in [0.25, 0.3) is 0 Å². The lowest BCUT2D eigenvalue weighted by atomic mass is 9.97. The highest BCUT2D eigenvalue weighted by molar-refractivity contribution is 4.95. The third-order valence-corrected chi connectivity index (χ3v) is 3.66. The molecule has 0 saturated heterocycles. The molecule has 102 valence electrons. The van der Waals surface area contributed by atoms with Gasteiger partial charge in [0.1, 0.15) is 5.82 Å². The lowest BCUT2D eigenvalue weighted by molar-refractivity contribution is 0.187. The summed E-state index contributed by atoms with van der Waals surface area (Å²) in [6.45, 7) is 6.16. The molecule has 1 aliphatic rings. The Balaban J connectivity index is 1.67. The summed E-state index contributed by atoms with van der Waals surface area (Å²) >= 11 is 0. The zero-order valence-corrected chi connectivity index (χ0v) is 11.2.